The number of nitrogens with two attached hydrogens (primary N) is 1. The minimum Gasteiger partial charge on any atom is -0.508 e. The van der Waals surface area contributed by atoms with Gasteiger partial charge in [0.25, 0.3) is 5.91 Å². The van der Waals surface area contributed by atoms with Crippen molar-refractivity contribution in [2.24, 2.45) is 5.73 Å². The number of phenols is 2. The molecule has 0 saturated carbocycles. The van der Waals surface area contributed by atoms with Crippen LogP contribution in [0.15, 0.2) is 40.9 Å². The summed E-state index contributed by atoms with van der Waals surface area (Å²) in [6, 6.07) is 9.42. The second-order valence-electron chi connectivity index (χ2n) is 7.14. The number of amides is 2. The molecule has 3 rings (SSSR count). The zero-order valence-electron chi connectivity index (χ0n) is 17.4. The summed E-state index contributed by atoms with van der Waals surface area (Å²) in [4.78, 5) is 22.9. The lowest BCUT2D eigenvalue weighted by Gasteiger charge is -2.09. The fraction of sp³-hybridized carbons (Fsp3) is 0.227. The maximum absolute atomic E-state index is 11.9. The van der Waals surface area contributed by atoms with Crippen molar-refractivity contribution in [1.29, 1.82) is 0 Å². The maximum Gasteiger partial charge on any atom is 0.271 e. The normalized spacial score (nSPS) is 10.7. The van der Waals surface area contributed by atoms with Crippen LogP contribution in [-0.2, 0) is 17.6 Å². The molecule has 174 valence electrons. The van der Waals surface area contributed by atoms with E-state index in [-0.39, 0.29) is 41.7 Å². The van der Waals surface area contributed by atoms with Crippen LogP contribution >= 0.6 is 11.6 Å². The van der Waals surface area contributed by atoms with Crippen LogP contribution in [0.1, 0.15) is 34.7 Å². The number of aryl methyl sites for hydroxylation is 2. The van der Waals surface area contributed by atoms with E-state index in [4.69, 9.17) is 31.8 Å². The number of carbonyl (C=O) groups excluding carboxylic acids is 2. The summed E-state index contributed by atoms with van der Waals surface area (Å²) in [7, 11) is 0. The smallest absolute Gasteiger partial charge is 0.271 e. The molecule has 3 aromatic rings. The van der Waals surface area contributed by atoms with E-state index in [1.165, 1.54) is 6.07 Å². The van der Waals surface area contributed by atoms with E-state index in [2.05, 4.69) is 5.16 Å². The van der Waals surface area contributed by atoms with Gasteiger partial charge >= 0.3 is 0 Å². The summed E-state index contributed by atoms with van der Waals surface area (Å²) in [6.07, 6.45) is 1.12. The van der Waals surface area contributed by atoms with E-state index >= 15 is 0 Å². The van der Waals surface area contributed by atoms with Gasteiger partial charge in [-0.3, -0.25) is 14.8 Å². The van der Waals surface area contributed by atoms with Crippen LogP contribution in [-0.4, -0.2) is 39.0 Å². The first-order valence-electron chi connectivity index (χ1n) is 9.95. The Morgan fingerprint density at radius 1 is 1.12 bits per heavy atom. The Bertz CT molecular complexity index is 1150. The molecular formula is C22H22ClN3O7. The number of aromatic nitrogens is 1. The summed E-state index contributed by atoms with van der Waals surface area (Å²) in [5.74, 6) is -0.658. The largest absolute Gasteiger partial charge is 0.508 e. The second-order valence-corrected chi connectivity index (χ2v) is 7.54. The van der Waals surface area contributed by atoms with Crippen LogP contribution in [0.4, 0.5) is 0 Å². The van der Waals surface area contributed by atoms with Crippen molar-refractivity contribution in [3.05, 3.63) is 58.4 Å². The number of primary amides is 1. The van der Waals surface area contributed by atoms with Crippen LogP contribution in [0.3, 0.4) is 0 Å². The van der Waals surface area contributed by atoms with Crippen molar-refractivity contribution in [2.75, 3.05) is 6.61 Å². The molecule has 0 saturated heterocycles. The number of nitrogens with zero attached hydrogens (tertiary/aromatic N) is 1. The quantitative estimate of drug-likeness (QED) is 0.169. The van der Waals surface area contributed by atoms with Gasteiger partial charge in [-0.15, -0.1) is 0 Å². The Balaban J connectivity index is 1.75. The molecule has 2 amide bonds. The number of halogens is 1. The number of carbonyl (C=O) groups is 2. The molecule has 0 spiro atoms. The summed E-state index contributed by atoms with van der Waals surface area (Å²) < 4.78 is 10.9. The number of hydrogen-bond acceptors (Lipinski definition) is 8. The molecule has 10 nitrogen and oxygen atoms in total. The van der Waals surface area contributed by atoms with E-state index < -0.39 is 11.8 Å². The Hall–Kier alpha value is -3.76. The molecule has 6 N–H and O–H groups in total. The SMILES string of the molecule is NC(=O)c1noc(CCc2cc(Cl)c(O)cc2O)c1-c1ccc(OCCCC(=O)NO)cc1. The van der Waals surface area contributed by atoms with Crippen molar-refractivity contribution >= 4 is 23.4 Å². The van der Waals surface area contributed by atoms with Crippen LogP contribution in [0.2, 0.25) is 5.02 Å². The molecule has 0 aliphatic heterocycles. The highest BCUT2D eigenvalue weighted by Gasteiger charge is 2.22. The van der Waals surface area contributed by atoms with Gasteiger partial charge < -0.3 is 25.2 Å². The summed E-state index contributed by atoms with van der Waals surface area (Å²) >= 11 is 5.92. The number of hydrogen-bond donors (Lipinski definition) is 5. The van der Waals surface area contributed by atoms with Gasteiger partial charge in [-0.1, -0.05) is 28.9 Å². The monoisotopic (exact) mass is 475 g/mol. The first-order valence-corrected chi connectivity index (χ1v) is 10.3. The maximum atomic E-state index is 11.9. The van der Waals surface area contributed by atoms with Gasteiger partial charge in [0.15, 0.2) is 5.69 Å². The van der Waals surface area contributed by atoms with Crippen molar-refractivity contribution in [3.63, 3.8) is 0 Å². The van der Waals surface area contributed by atoms with Crippen LogP contribution in [0.5, 0.6) is 17.2 Å². The first kappa shape index (κ1) is 23.9. The predicted octanol–water partition coefficient (Wildman–Crippen LogP) is 2.95. The number of hydroxylamine groups is 1. The number of nitrogens with one attached hydrogen (secondary N) is 1. The first-order chi connectivity index (χ1) is 15.8. The van der Waals surface area contributed by atoms with Gasteiger partial charge in [-0.05, 0) is 42.2 Å². The third kappa shape index (κ3) is 5.93. The topological polar surface area (TPSA) is 168 Å². The third-order valence-electron chi connectivity index (χ3n) is 4.85. The minimum absolute atomic E-state index is 0.0263. The second kappa shape index (κ2) is 10.7. The molecule has 2 aromatic carbocycles. The van der Waals surface area contributed by atoms with E-state index in [1.54, 1.807) is 29.7 Å². The molecule has 0 bridgehead atoms. The fourth-order valence-corrected chi connectivity index (χ4v) is 3.38. The molecule has 0 radical (unpaired) electrons. The van der Waals surface area contributed by atoms with Crippen LogP contribution in [0.25, 0.3) is 11.1 Å². The Morgan fingerprint density at radius 3 is 2.52 bits per heavy atom. The number of aromatic hydroxyl groups is 2. The van der Waals surface area contributed by atoms with Gasteiger partial charge in [0.05, 0.1) is 17.2 Å². The van der Waals surface area contributed by atoms with Crippen molar-refractivity contribution in [2.45, 2.75) is 25.7 Å². The lowest BCUT2D eigenvalue weighted by atomic mass is 9.99. The molecule has 0 aliphatic carbocycles. The lowest BCUT2D eigenvalue weighted by Crippen LogP contribution is -2.18. The molecule has 0 atom stereocenters. The zero-order chi connectivity index (χ0) is 24.0. The Kier molecular flexibility index (Phi) is 7.75. The van der Waals surface area contributed by atoms with Gasteiger partial charge in [0.1, 0.15) is 23.0 Å². The van der Waals surface area contributed by atoms with Gasteiger partial charge in [-0.2, -0.15) is 0 Å². The van der Waals surface area contributed by atoms with Gasteiger partial charge in [0.2, 0.25) is 5.91 Å². The molecule has 33 heavy (non-hydrogen) atoms. The van der Waals surface area contributed by atoms with Crippen LogP contribution in [0, 0.1) is 0 Å². The average molecular weight is 476 g/mol. The highest BCUT2D eigenvalue weighted by Crippen LogP contribution is 2.34. The highest BCUT2D eigenvalue weighted by atomic mass is 35.5. The van der Waals surface area contributed by atoms with Gasteiger partial charge in [-0.25, -0.2) is 5.48 Å². The molecule has 0 fully saturated rings. The summed E-state index contributed by atoms with van der Waals surface area (Å²) in [6.45, 7) is 0.274. The standard InChI is InChI=1S/C22H22ClN3O7/c23-15-10-13(16(27)11-17(15)28)5-8-18-20(21(22(24)30)26-33-18)12-3-6-14(7-4-12)32-9-1-2-19(29)25-31/h3-4,6-7,10-11,27-28,31H,1-2,5,8-9H2,(H2,24,30)(H,25,29). The van der Waals surface area contributed by atoms with E-state index in [9.17, 15) is 19.8 Å². The fourth-order valence-electron chi connectivity index (χ4n) is 3.20. The molecule has 0 unspecified atom stereocenters. The average Bonchev–Trinajstić information content (AvgIpc) is 3.22. The van der Waals surface area contributed by atoms with Crippen LogP contribution < -0.4 is 16.0 Å². The number of benzene rings is 2. The molecule has 1 aromatic heterocycles. The van der Waals surface area contributed by atoms with E-state index in [1.807, 2.05) is 0 Å². The number of phenolic OH excluding ortho intramolecular Hbond substituents is 2. The van der Waals surface area contributed by atoms with Gasteiger partial charge in [0, 0.05) is 18.9 Å². The highest BCUT2D eigenvalue weighted by molar-refractivity contribution is 6.32. The predicted molar refractivity (Wildman–Crippen MR) is 117 cm³/mol. The Morgan fingerprint density at radius 2 is 1.85 bits per heavy atom. The minimum atomic E-state index is -0.752. The molecule has 11 heteroatoms. The van der Waals surface area contributed by atoms with Crippen molar-refractivity contribution < 1.29 is 34.3 Å². The van der Waals surface area contributed by atoms with Crippen molar-refractivity contribution in [1.82, 2.24) is 10.6 Å². The molecule has 0 aliphatic rings. The van der Waals surface area contributed by atoms with Crippen molar-refractivity contribution in [3.8, 4) is 28.4 Å². The summed E-state index contributed by atoms with van der Waals surface area (Å²) in [5, 5.41) is 32.0. The number of rotatable bonds is 10. The number of ether oxygens (including phenoxy) is 1. The third-order valence-corrected chi connectivity index (χ3v) is 5.15. The van der Waals surface area contributed by atoms with E-state index in [0.717, 1.165) is 6.07 Å². The van der Waals surface area contributed by atoms with E-state index in [0.29, 0.717) is 41.0 Å². The molecule has 1 heterocycles. The zero-order valence-corrected chi connectivity index (χ0v) is 18.1. The molecular weight excluding hydrogens is 454 g/mol. The lowest BCUT2D eigenvalue weighted by molar-refractivity contribution is -0.129. The Labute approximate surface area is 193 Å². The summed E-state index contributed by atoms with van der Waals surface area (Å²) in [5.41, 5.74) is 8.53.